The van der Waals surface area contributed by atoms with Gasteiger partial charge in [0.2, 0.25) is 0 Å². The average Bonchev–Trinajstić information content (AvgIpc) is 2.90. The first-order valence-corrected chi connectivity index (χ1v) is 14.6. The summed E-state index contributed by atoms with van der Waals surface area (Å²) in [5, 5.41) is 0. The van der Waals surface area contributed by atoms with Crippen LogP contribution in [0.3, 0.4) is 0 Å². The van der Waals surface area contributed by atoms with Gasteiger partial charge in [0.25, 0.3) is 0 Å². The van der Waals surface area contributed by atoms with E-state index in [1.807, 2.05) is 34.6 Å². The maximum absolute atomic E-state index is 12.4. The molecule has 232 valence electrons. The van der Waals surface area contributed by atoms with E-state index in [4.69, 9.17) is 28.4 Å². The predicted molar refractivity (Wildman–Crippen MR) is 153 cm³/mol. The smallest absolute Gasteiger partial charge is 0.313 e. The first-order valence-electron chi connectivity index (χ1n) is 14.6. The monoisotopic (exact) mass is 562 g/mol. The molecule has 0 aliphatic heterocycles. The van der Waals surface area contributed by atoms with Crippen molar-refractivity contribution in [1.29, 1.82) is 0 Å². The first-order chi connectivity index (χ1) is 18.4. The lowest BCUT2D eigenvalue weighted by molar-refractivity contribution is -0.159. The molecule has 39 heavy (non-hydrogen) atoms. The number of carbonyl (C=O) groups is 2. The molecule has 0 heterocycles. The van der Waals surface area contributed by atoms with Gasteiger partial charge < -0.3 is 38.2 Å². The predicted octanol–water partition coefficient (Wildman–Crippen LogP) is 3.26. The summed E-state index contributed by atoms with van der Waals surface area (Å²) in [7, 11) is 0. The van der Waals surface area contributed by atoms with Crippen LogP contribution in [-0.2, 0) is 38.0 Å². The van der Waals surface area contributed by atoms with Gasteiger partial charge in [0.15, 0.2) is 0 Å². The molecule has 0 fully saturated rings. The largest absolute Gasteiger partial charge is 0.464 e. The van der Waals surface area contributed by atoms with Gasteiger partial charge >= 0.3 is 11.9 Å². The molecule has 1 atom stereocenters. The van der Waals surface area contributed by atoms with Crippen LogP contribution in [0.1, 0.15) is 62.3 Å². The van der Waals surface area contributed by atoms with Crippen molar-refractivity contribution in [3.63, 3.8) is 0 Å². The van der Waals surface area contributed by atoms with E-state index in [1.165, 1.54) is 0 Å². The highest BCUT2D eigenvalue weighted by atomic mass is 16.6. The van der Waals surface area contributed by atoms with Gasteiger partial charge in [-0.3, -0.25) is 9.59 Å². The number of esters is 2. The summed E-state index contributed by atoms with van der Waals surface area (Å²) in [5.74, 6) is -0.509. The Labute approximate surface area is 237 Å². The van der Waals surface area contributed by atoms with Crippen LogP contribution in [0.2, 0.25) is 0 Å². The van der Waals surface area contributed by atoms with Crippen molar-refractivity contribution in [2.45, 2.75) is 68.4 Å². The van der Waals surface area contributed by atoms with Crippen LogP contribution in [0.4, 0.5) is 0 Å². The van der Waals surface area contributed by atoms with Crippen molar-refractivity contribution in [2.75, 3.05) is 98.7 Å². The highest BCUT2D eigenvalue weighted by Gasteiger charge is 2.30. The third kappa shape index (κ3) is 17.9. The summed E-state index contributed by atoms with van der Waals surface area (Å²) >= 11 is 0. The summed E-state index contributed by atoms with van der Waals surface area (Å²) in [6.07, 6.45) is -0.108. The minimum absolute atomic E-state index is 0.108. The summed E-state index contributed by atoms with van der Waals surface area (Å²) in [6, 6.07) is 0. The molecule has 0 saturated carbocycles. The molecule has 0 amide bonds. The molecule has 1 unspecified atom stereocenters. The normalized spacial score (nSPS) is 13.2. The highest BCUT2D eigenvalue weighted by Crippen LogP contribution is 2.18. The van der Waals surface area contributed by atoms with Crippen LogP contribution < -0.4 is 0 Å². The van der Waals surface area contributed by atoms with Gasteiger partial charge in [0, 0.05) is 13.1 Å². The summed E-state index contributed by atoms with van der Waals surface area (Å²) in [5.41, 5.74) is -1.43. The van der Waals surface area contributed by atoms with Crippen LogP contribution in [0.15, 0.2) is 0 Å². The molecular weight excluding hydrogens is 504 g/mol. The SMILES string of the molecule is CCN(CC)CCOC(=O)C(C)(C)COCCOCC(C)OCCOCC(C)(C)C(=O)OCCN(CC)CC. The second-order valence-corrected chi connectivity index (χ2v) is 11.0. The van der Waals surface area contributed by atoms with Gasteiger partial charge in [-0.25, -0.2) is 0 Å². The molecule has 0 aromatic heterocycles. The molecule has 0 bridgehead atoms. The number of hydrogen-bond donors (Lipinski definition) is 0. The maximum atomic E-state index is 12.4. The summed E-state index contributed by atoms with van der Waals surface area (Å²) < 4.78 is 33.5. The molecule has 0 aliphatic rings. The third-order valence-electron chi connectivity index (χ3n) is 6.46. The Bertz CT molecular complexity index is 637. The second kappa shape index (κ2) is 21.4. The number of nitrogens with zero attached hydrogens (tertiary/aromatic N) is 2. The van der Waals surface area contributed by atoms with Crippen molar-refractivity contribution in [2.24, 2.45) is 10.8 Å². The fourth-order valence-corrected chi connectivity index (χ4v) is 3.50. The number of carbonyl (C=O) groups excluding carboxylic acids is 2. The van der Waals surface area contributed by atoms with Crippen molar-refractivity contribution >= 4 is 11.9 Å². The molecule has 10 nitrogen and oxygen atoms in total. The Hall–Kier alpha value is -1.30. The minimum atomic E-state index is -0.714. The lowest BCUT2D eigenvalue weighted by Gasteiger charge is -2.24. The fourth-order valence-electron chi connectivity index (χ4n) is 3.50. The number of rotatable bonds is 25. The van der Waals surface area contributed by atoms with Crippen molar-refractivity contribution in [3.8, 4) is 0 Å². The third-order valence-corrected chi connectivity index (χ3v) is 6.46. The van der Waals surface area contributed by atoms with Crippen LogP contribution in [0, 0.1) is 10.8 Å². The highest BCUT2D eigenvalue weighted by molar-refractivity contribution is 5.76. The lowest BCUT2D eigenvalue weighted by atomic mass is 9.95. The van der Waals surface area contributed by atoms with E-state index in [1.54, 1.807) is 0 Å². The molecule has 0 saturated heterocycles. The molecule has 0 N–H and O–H groups in total. The second-order valence-electron chi connectivity index (χ2n) is 11.0. The van der Waals surface area contributed by atoms with E-state index in [2.05, 4.69) is 37.5 Å². The summed E-state index contributed by atoms with van der Waals surface area (Å²) in [6.45, 7) is 26.1. The Morgan fingerprint density at radius 2 is 1.00 bits per heavy atom. The molecule has 0 radical (unpaired) electrons. The Morgan fingerprint density at radius 3 is 1.41 bits per heavy atom. The maximum Gasteiger partial charge on any atom is 0.313 e. The summed E-state index contributed by atoms with van der Waals surface area (Å²) in [4.78, 5) is 29.1. The standard InChI is InChI=1S/C29H58N2O8/c1-10-30(11-2)14-16-38-26(32)28(6,7)23-35-19-18-34-22-25(5)37-21-20-36-24-29(8,9)27(33)39-17-15-31(12-3)13-4/h25H,10-24H2,1-9H3. The Morgan fingerprint density at radius 1 is 0.615 bits per heavy atom. The molecule has 10 heteroatoms. The van der Waals surface area contributed by atoms with Crippen LogP contribution in [-0.4, -0.2) is 127 Å². The number of hydrogen-bond acceptors (Lipinski definition) is 10. The lowest BCUT2D eigenvalue weighted by Crippen LogP contribution is -2.35. The topological polar surface area (TPSA) is 96.0 Å². The van der Waals surface area contributed by atoms with Gasteiger partial charge in [-0.2, -0.15) is 0 Å². The Balaban J connectivity index is 3.90. The van der Waals surface area contributed by atoms with Gasteiger partial charge in [-0.1, -0.05) is 27.7 Å². The van der Waals surface area contributed by atoms with Crippen molar-refractivity contribution < 1.29 is 38.0 Å². The quantitative estimate of drug-likeness (QED) is 0.122. The zero-order valence-electron chi connectivity index (χ0n) is 26.3. The van der Waals surface area contributed by atoms with Crippen LogP contribution in [0.25, 0.3) is 0 Å². The van der Waals surface area contributed by atoms with E-state index < -0.39 is 10.8 Å². The molecule has 0 spiro atoms. The average molecular weight is 563 g/mol. The fraction of sp³-hybridized carbons (Fsp3) is 0.931. The molecular formula is C29H58N2O8. The van der Waals surface area contributed by atoms with E-state index in [9.17, 15) is 9.59 Å². The zero-order valence-corrected chi connectivity index (χ0v) is 26.3. The first kappa shape index (κ1) is 37.7. The van der Waals surface area contributed by atoms with Gasteiger partial charge in [0.1, 0.15) is 13.2 Å². The van der Waals surface area contributed by atoms with E-state index >= 15 is 0 Å². The molecule has 0 aromatic carbocycles. The number of likely N-dealkylation sites (N-methyl/N-ethyl adjacent to an activating group) is 2. The van der Waals surface area contributed by atoms with E-state index in [0.717, 1.165) is 39.3 Å². The molecule has 0 aromatic rings. The number of ether oxygens (including phenoxy) is 6. The van der Waals surface area contributed by atoms with Crippen molar-refractivity contribution in [1.82, 2.24) is 9.80 Å². The molecule has 0 aliphatic carbocycles. The van der Waals surface area contributed by atoms with E-state index in [0.29, 0.717) is 46.2 Å². The molecule has 0 rings (SSSR count). The van der Waals surface area contributed by atoms with Gasteiger partial charge in [0.05, 0.1) is 63.2 Å². The van der Waals surface area contributed by atoms with Gasteiger partial charge in [-0.15, -0.1) is 0 Å². The Kier molecular flexibility index (Phi) is 20.7. The van der Waals surface area contributed by atoms with Gasteiger partial charge in [-0.05, 0) is 60.8 Å². The minimum Gasteiger partial charge on any atom is -0.464 e. The van der Waals surface area contributed by atoms with E-state index in [-0.39, 0.29) is 31.3 Å². The van der Waals surface area contributed by atoms with Crippen molar-refractivity contribution in [3.05, 3.63) is 0 Å². The van der Waals surface area contributed by atoms with Crippen LogP contribution >= 0.6 is 0 Å². The van der Waals surface area contributed by atoms with Crippen LogP contribution in [0.5, 0.6) is 0 Å². The zero-order chi connectivity index (χ0) is 29.7.